The second-order valence-electron chi connectivity index (χ2n) is 7.97. The third-order valence-corrected chi connectivity index (χ3v) is 5.69. The van der Waals surface area contributed by atoms with Crippen molar-refractivity contribution in [3.05, 3.63) is 39.9 Å². The van der Waals surface area contributed by atoms with Gasteiger partial charge in [0.1, 0.15) is 0 Å². The van der Waals surface area contributed by atoms with E-state index in [1.807, 2.05) is 0 Å². The second kappa shape index (κ2) is 9.67. The Morgan fingerprint density at radius 1 is 0.968 bits per heavy atom. The van der Waals surface area contributed by atoms with Crippen LogP contribution in [0.15, 0.2) is 29.4 Å². The molecule has 2 aliphatic rings. The average molecular weight is 425 g/mol. The monoisotopic (exact) mass is 424 g/mol. The number of hydrazone groups is 1. The normalized spacial score (nSPS) is 17.5. The van der Waals surface area contributed by atoms with E-state index < -0.39 is 4.92 Å². The number of nitrogens with zero attached hydrogens (tertiary/aromatic N) is 7. The van der Waals surface area contributed by atoms with E-state index in [4.69, 9.17) is 4.98 Å². The number of non-ortho nitro benzene ring substituents is 1. The Bertz CT molecular complexity index is 916. The number of nitro benzene ring substituents is 1. The van der Waals surface area contributed by atoms with Crippen LogP contribution in [-0.2, 0) is 0 Å². The first-order chi connectivity index (χ1) is 15.1. The molecular weight excluding hydrogens is 396 g/mol. The highest BCUT2D eigenvalue weighted by Crippen LogP contribution is 2.22. The zero-order valence-electron chi connectivity index (χ0n) is 17.8. The van der Waals surface area contributed by atoms with Crippen molar-refractivity contribution in [3.63, 3.8) is 0 Å². The molecule has 2 saturated heterocycles. The van der Waals surface area contributed by atoms with E-state index in [0.717, 1.165) is 51.9 Å². The molecule has 1 aromatic heterocycles. The standard InChI is InChI=1S/C21H28N8O2/c1-16(17-9-8-10-18(15-17)29(30)31)25-26-19-22-20(27-11-4-2-5-12-27)24-21(23-19)28-13-6-3-7-14-28/h8-10,15H,2-7,11-14H2,1H3,(H,22,23,24,26)/b25-16+. The van der Waals surface area contributed by atoms with Gasteiger partial charge in [0.15, 0.2) is 0 Å². The minimum Gasteiger partial charge on any atom is -0.341 e. The third-order valence-electron chi connectivity index (χ3n) is 5.69. The van der Waals surface area contributed by atoms with Crippen LogP contribution in [0.2, 0.25) is 0 Å². The van der Waals surface area contributed by atoms with Gasteiger partial charge in [-0.15, -0.1) is 0 Å². The topological polar surface area (TPSA) is 113 Å². The van der Waals surface area contributed by atoms with Gasteiger partial charge in [0, 0.05) is 43.9 Å². The number of anilines is 3. The quantitative estimate of drug-likeness (QED) is 0.425. The summed E-state index contributed by atoms with van der Waals surface area (Å²) in [7, 11) is 0. The minimum atomic E-state index is -0.411. The summed E-state index contributed by atoms with van der Waals surface area (Å²) in [6.45, 7) is 5.57. The largest absolute Gasteiger partial charge is 0.341 e. The lowest BCUT2D eigenvalue weighted by atomic mass is 10.1. The molecule has 0 saturated carbocycles. The zero-order chi connectivity index (χ0) is 21.6. The molecule has 2 aliphatic heterocycles. The van der Waals surface area contributed by atoms with E-state index >= 15 is 0 Å². The van der Waals surface area contributed by atoms with Crippen molar-refractivity contribution in [2.45, 2.75) is 45.4 Å². The van der Waals surface area contributed by atoms with Crippen LogP contribution in [0.3, 0.4) is 0 Å². The maximum atomic E-state index is 11.0. The number of piperidine rings is 2. The van der Waals surface area contributed by atoms with E-state index in [1.165, 1.54) is 25.0 Å². The fraction of sp³-hybridized carbons (Fsp3) is 0.524. The molecule has 0 aliphatic carbocycles. The molecule has 0 radical (unpaired) electrons. The predicted octanol–water partition coefficient (Wildman–Crippen LogP) is 3.60. The SMILES string of the molecule is C/C(=N\Nc1nc(N2CCCCC2)nc(N2CCCCC2)n1)c1cccc([N+](=O)[O-])c1. The van der Waals surface area contributed by atoms with Crippen molar-refractivity contribution in [1.29, 1.82) is 0 Å². The summed E-state index contributed by atoms with van der Waals surface area (Å²) < 4.78 is 0. The Labute approximate surface area is 181 Å². The summed E-state index contributed by atoms with van der Waals surface area (Å²) in [6.07, 6.45) is 7.01. The molecule has 0 spiro atoms. The van der Waals surface area contributed by atoms with Crippen molar-refractivity contribution in [3.8, 4) is 0 Å². The van der Waals surface area contributed by atoms with Gasteiger partial charge >= 0.3 is 0 Å². The van der Waals surface area contributed by atoms with Gasteiger partial charge in [-0.3, -0.25) is 10.1 Å². The Morgan fingerprint density at radius 3 is 2.10 bits per heavy atom. The van der Waals surface area contributed by atoms with Gasteiger partial charge in [-0.25, -0.2) is 5.43 Å². The minimum absolute atomic E-state index is 0.0342. The summed E-state index contributed by atoms with van der Waals surface area (Å²) in [4.78, 5) is 29.0. The number of aromatic nitrogens is 3. The molecule has 10 nitrogen and oxygen atoms in total. The molecule has 0 atom stereocenters. The number of nitro groups is 1. The van der Waals surface area contributed by atoms with Crippen molar-refractivity contribution in [2.24, 2.45) is 5.10 Å². The van der Waals surface area contributed by atoms with Crippen molar-refractivity contribution >= 4 is 29.2 Å². The molecule has 4 rings (SSSR count). The van der Waals surface area contributed by atoms with Gasteiger partial charge < -0.3 is 9.80 Å². The molecule has 1 N–H and O–H groups in total. The van der Waals surface area contributed by atoms with Crippen molar-refractivity contribution < 1.29 is 4.92 Å². The maximum absolute atomic E-state index is 11.0. The third kappa shape index (κ3) is 5.25. The first kappa shape index (κ1) is 21.0. The summed E-state index contributed by atoms with van der Waals surface area (Å²) in [5, 5.41) is 15.4. The van der Waals surface area contributed by atoms with Crippen LogP contribution >= 0.6 is 0 Å². The highest BCUT2D eigenvalue weighted by atomic mass is 16.6. The molecular formula is C21H28N8O2. The van der Waals surface area contributed by atoms with Crippen molar-refractivity contribution in [2.75, 3.05) is 41.4 Å². The lowest BCUT2D eigenvalue weighted by Crippen LogP contribution is -2.34. The fourth-order valence-electron chi connectivity index (χ4n) is 3.92. The van der Waals surface area contributed by atoms with E-state index in [-0.39, 0.29) is 5.69 Å². The van der Waals surface area contributed by atoms with Gasteiger partial charge in [0.2, 0.25) is 17.8 Å². The number of nitrogens with one attached hydrogen (secondary N) is 1. The first-order valence-electron chi connectivity index (χ1n) is 10.9. The molecule has 0 bridgehead atoms. The van der Waals surface area contributed by atoms with Crippen molar-refractivity contribution in [1.82, 2.24) is 15.0 Å². The molecule has 3 heterocycles. The Hall–Kier alpha value is -3.30. The molecule has 1 aromatic carbocycles. The van der Waals surface area contributed by atoms with E-state index in [2.05, 4.69) is 30.3 Å². The summed E-state index contributed by atoms with van der Waals surface area (Å²) in [6, 6.07) is 6.41. The fourth-order valence-corrected chi connectivity index (χ4v) is 3.92. The van der Waals surface area contributed by atoms with Crippen LogP contribution in [0.5, 0.6) is 0 Å². The van der Waals surface area contributed by atoms with E-state index in [9.17, 15) is 10.1 Å². The van der Waals surface area contributed by atoms with Gasteiger partial charge in [-0.05, 0) is 45.4 Å². The summed E-state index contributed by atoms with van der Waals surface area (Å²) in [5.41, 5.74) is 4.27. The van der Waals surface area contributed by atoms with Crippen LogP contribution in [0.25, 0.3) is 0 Å². The van der Waals surface area contributed by atoms with Gasteiger partial charge in [-0.1, -0.05) is 12.1 Å². The number of hydrogen-bond acceptors (Lipinski definition) is 9. The molecule has 31 heavy (non-hydrogen) atoms. The van der Waals surface area contributed by atoms with Gasteiger partial charge in [0.05, 0.1) is 10.6 Å². The predicted molar refractivity (Wildman–Crippen MR) is 121 cm³/mol. The highest BCUT2D eigenvalue weighted by molar-refractivity contribution is 5.99. The smallest absolute Gasteiger partial charge is 0.270 e. The van der Waals surface area contributed by atoms with Gasteiger partial charge in [0.25, 0.3) is 5.69 Å². The summed E-state index contributed by atoms with van der Waals surface area (Å²) in [5.74, 6) is 1.75. The van der Waals surface area contributed by atoms with Crippen LogP contribution in [0.4, 0.5) is 23.5 Å². The zero-order valence-corrected chi connectivity index (χ0v) is 17.8. The molecule has 2 aromatic rings. The average Bonchev–Trinajstić information content (AvgIpc) is 2.83. The van der Waals surface area contributed by atoms with Crippen LogP contribution < -0.4 is 15.2 Å². The Morgan fingerprint density at radius 2 is 1.55 bits per heavy atom. The second-order valence-corrected chi connectivity index (χ2v) is 7.97. The number of rotatable bonds is 6. The lowest BCUT2D eigenvalue weighted by molar-refractivity contribution is -0.384. The molecule has 10 heteroatoms. The maximum Gasteiger partial charge on any atom is 0.270 e. The Kier molecular flexibility index (Phi) is 6.54. The lowest BCUT2D eigenvalue weighted by Gasteiger charge is -2.30. The first-order valence-corrected chi connectivity index (χ1v) is 10.9. The Balaban J connectivity index is 1.59. The van der Waals surface area contributed by atoms with Crippen LogP contribution in [-0.4, -0.2) is 51.8 Å². The molecule has 0 unspecified atom stereocenters. The highest BCUT2D eigenvalue weighted by Gasteiger charge is 2.20. The summed E-state index contributed by atoms with van der Waals surface area (Å²) >= 11 is 0. The van der Waals surface area contributed by atoms with E-state index in [1.54, 1.807) is 19.1 Å². The van der Waals surface area contributed by atoms with Gasteiger partial charge in [-0.2, -0.15) is 20.1 Å². The molecule has 0 amide bonds. The van der Waals surface area contributed by atoms with E-state index in [0.29, 0.717) is 29.1 Å². The molecule has 2 fully saturated rings. The number of hydrogen-bond donors (Lipinski definition) is 1. The number of benzene rings is 1. The van der Waals surface area contributed by atoms with Crippen LogP contribution in [0, 0.1) is 10.1 Å². The van der Waals surface area contributed by atoms with Crippen LogP contribution in [0.1, 0.15) is 51.0 Å². The molecule has 164 valence electrons.